The van der Waals surface area contributed by atoms with Crippen LogP contribution in [-0.4, -0.2) is 83.8 Å². The van der Waals surface area contributed by atoms with Gasteiger partial charge in [-0.15, -0.1) is 10.2 Å². The molecule has 2 aliphatic heterocycles. The summed E-state index contributed by atoms with van der Waals surface area (Å²) in [6.07, 6.45) is 2.17. The highest BCUT2D eigenvalue weighted by Gasteiger charge is 2.28. The van der Waals surface area contributed by atoms with Crippen LogP contribution in [0.25, 0.3) is 11.3 Å². The molecule has 2 aliphatic rings. The number of hydrogen-bond acceptors (Lipinski definition) is 6. The molecular weight excluding hydrogens is 502 g/mol. The maximum Gasteiger partial charge on any atom is 0.242 e. The van der Waals surface area contributed by atoms with Crippen molar-refractivity contribution in [2.75, 3.05) is 50.8 Å². The second-order valence-corrected chi connectivity index (χ2v) is 10.1. The van der Waals surface area contributed by atoms with Gasteiger partial charge in [0.15, 0.2) is 5.82 Å². The van der Waals surface area contributed by atoms with Gasteiger partial charge >= 0.3 is 0 Å². The first-order chi connectivity index (χ1) is 18.6. The van der Waals surface area contributed by atoms with Gasteiger partial charge in [0.1, 0.15) is 0 Å². The zero-order valence-corrected chi connectivity index (χ0v) is 22.1. The molecule has 2 amide bonds. The van der Waals surface area contributed by atoms with E-state index in [9.17, 15) is 9.59 Å². The monoisotopic (exact) mass is 533 g/mol. The number of amides is 2. The molecule has 3 aromatic rings. The van der Waals surface area contributed by atoms with Crippen molar-refractivity contribution in [2.45, 2.75) is 25.4 Å². The van der Waals surface area contributed by atoms with Crippen molar-refractivity contribution in [3.8, 4) is 11.3 Å². The number of aromatic nitrogens is 2. The number of ether oxygens (including phenoxy) is 1. The van der Waals surface area contributed by atoms with E-state index in [1.807, 2.05) is 71.6 Å². The lowest BCUT2D eigenvalue weighted by Crippen LogP contribution is -2.53. The maximum absolute atomic E-state index is 13.2. The topological polar surface area (TPSA) is 78.9 Å². The third-order valence-corrected chi connectivity index (χ3v) is 7.41. The Bertz CT molecular complexity index is 1230. The van der Waals surface area contributed by atoms with Gasteiger partial charge in [-0.3, -0.25) is 9.59 Å². The molecule has 3 heterocycles. The molecule has 1 aromatic heterocycles. The lowest BCUT2D eigenvalue weighted by molar-refractivity contribution is -0.141. The van der Waals surface area contributed by atoms with Crippen molar-refractivity contribution in [2.24, 2.45) is 0 Å². The molecule has 2 aromatic carbocycles. The van der Waals surface area contributed by atoms with Gasteiger partial charge in [-0.25, -0.2) is 0 Å². The number of carbonyl (C=O) groups is 2. The van der Waals surface area contributed by atoms with E-state index >= 15 is 0 Å². The summed E-state index contributed by atoms with van der Waals surface area (Å²) in [6, 6.07) is 21.1. The molecule has 0 N–H and O–H groups in total. The summed E-state index contributed by atoms with van der Waals surface area (Å²) in [6.45, 7) is 3.65. The molecule has 2 fully saturated rings. The van der Waals surface area contributed by atoms with Gasteiger partial charge in [0.2, 0.25) is 11.8 Å². The van der Waals surface area contributed by atoms with Crippen molar-refractivity contribution in [1.29, 1.82) is 0 Å². The molecule has 198 valence electrons. The van der Waals surface area contributed by atoms with E-state index in [-0.39, 0.29) is 30.9 Å². The van der Waals surface area contributed by atoms with Gasteiger partial charge in [0.25, 0.3) is 0 Å². The largest absolute Gasteiger partial charge is 0.376 e. The van der Waals surface area contributed by atoms with Crippen molar-refractivity contribution in [1.82, 2.24) is 20.0 Å². The van der Waals surface area contributed by atoms with Crippen molar-refractivity contribution >= 4 is 29.2 Å². The number of anilines is 1. The van der Waals surface area contributed by atoms with Crippen LogP contribution in [0.3, 0.4) is 0 Å². The van der Waals surface area contributed by atoms with Crippen LogP contribution in [0.5, 0.6) is 0 Å². The van der Waals surface area contributed by atoms with Crippen LogP contribution in [0.4, 0.5) is 5.82 Å². The lowest BCUT2D eigenvalue weighted by Gasteiger charge is -2.36. The highest BCUT2D eigenvalue weighted by atomic mass is 35.5. The third-order valence-electron chi connectivity index (χ3n) is 7.08. The molecule has 0 spiro atoms. The molecule has 0 aliphatic carbocycles. The molecule has 9 heteroatoms. The highest BCUT2D eigenvalue weighted by Crippen LogP contribution is 2.26. The van der Waals surface area contributed by atoms with Crippen molar-refractivity contribution < 1.29 is 14.3 Å². The standard InChI is InChI=1S/C29H32ClN5O3/c30-25-11-5-4-10-24(25)26-12-13-27(32-31-26)33-14-16-34(17-15-33)29(37)21-35(20-23-9-6-18-38-23)28(36)19-22-7-2-1-3-8-22/h1-5,7-8,10-13,23H,6,9,14-21H2/t23-/m0/s1. The predicted octanol–water partition coefficient (Wildman–Crippen LogP) is 3.70. The van der Waals surface area contributed by atoms with E-state index in [4.69, 9.17) is 16.3 Å². The third kappa shape index (κ3) is 6.49. The van der Waals surface area contributed by atoms with Crippen LogP contribution in [0.15, 0.2) is 66.7 Å². The molecule has 0 bridgehead atoms. The number of rotatable bonds is 8. The predicted molar refractivity (Wildman–Crippen MR) is 147 cm³/mol. The highest BCUT2D eigenvalue weighted by molar-refractivity contribution is 6.33. The minimum Gasteiger partial charge on any atom is -0.376 e. The smallest absolute Gasteiger partial charge is 0.242 e. The number of carbonyl (C=O) groups excluding carboxylic acids is 2. The second-order valence-electron chi connectivity index (χ2n) is 9.70. The fourth-order valence-corrected chi connectivity index (χ4v) is 5.16. The second kappa shape index (κ2) is 12.4. The number of nitrogens with zero attached hydrogens (tertiary/aromatic N) is 5. The average molecular weight is 534 g/mol. The average Bonchev–Trinajstić information content (AvgIpc) is 3.47. The Hall–Kier alpha value is -3.49. The number of benzene rings is 2. The normalized spacial score (nSPS) is 17.4. The van der Waals surface area contributed by atoms with Crippen LogP contribution in [0.2, 0.25) is 5.02 Å². The summed E-state index contributed by atoms with van der Waals surface area (Å²) in [4.78, 5) is 32.1. The maximum atomic E-state index is 13.2. The quantitative estimate of drug-likeness (QED) is 0.439. The Balaban J connectivity index is 1.17. The van der Waals surface area contributed by atoms with Gasteiger partial charge in [-0.2, -0.15) is 0 Å². The first-order valence-corrected chi connectivity index (χ1v) is 13.5. The summed E-state index contributed by atoms with van der Waals surface area (Å²) < 4.78 is 5.77. The van der Waals surface area contributed by atoms with Gasteiger partial charge < -0.3 is 19.4 Å². The van der Waals surface area contributed by atoms with Gasteiger partial charge in [0.05, 0.1) is 29.8 Å². The number of hydrogen-bond donors (Lipinski definition) is 0. The SMILES string of the molecule is O=C(CN(C[C@@H]1CCCO1)C(=O)Cc1ccccc1)N1CCN(c2ccc(-c3ccccc3Cl)nn2)CC1. The number of halogens is 1. The lowest BCUT2D eigenvalue weighted by atomic mass is 10.1. The molecule has 0 saturated carbocycles. The van der Waals surface area contributed by atoms with E-state index in [1.165, 1.54) is 0 Å². The van der Waals surface area contributed by atoms with Crippen LogP contribution >= 0.6 is 11.6 Å². The Morgan fingerprint density at radius 1 is 0.947 bits per heavy atom. The molecule has 8 nitrogen and oxygen atoms in total. The van der Waals surface area contributed by atoms with Crippen molar-refractivity contribution in [3.05, 3.63) is 77.3 Å². The van der Waals surface area contributed by atoms with Crippen molar-refractivity contribution in [3.63, 3.8) is 0 Å². The molecule has 38 heavy (non-hydrogen) atoms. The zero-order chi connectivity index (χ0) is 26.3. The minimum absolute atomic E-state index is 0.00770. The van der Waals surface area contributed by atoms with E-state index in [2.05, 4.69) is 15.1 Å². The molecule has 5 rings (SSSR count). The Kier molecular flexibility index (Phi) is 8.51. The summed E-state index contributed by atoms with van der Waals surface area (Å²) in [7, 11) is 0. The molecule has 1 atom stereocenters. The number of piperazine rings is 1. The Morgan fingerprint density at radius 2 is 1.71 bits per heavy atom. The van der Waals surface area contributed by atoms with Crippen LogP contribution in [0, 0.1) is 0 Å². The summed E-state index contributed by atoms with van der Waals surface area (Å²) in [5.41, 5.74) is 2.51. The molecule has 0 radical (unpaired) electrons. The van der Waals surface area contributed by atoms with Crippen LogP contribution in [-0.2, 0) is 20.7 Å². The molecular formula is C29H32ClN5O3. The summed E-state index contributed by atoms with van der Waals surface area (Å²) in [5, 5.41) is 9.41. The Labute approximate surface area is 228 Å². The fraction of sp³-hybridized carbons (Fsp3) is 0.379. The minimum atomic E-state index is -0.0485. The van der Waals surface area contributed by atoms with Crippen LogP contribution < -0.4 is 4.90 Å². The van der Waals surface area contributed by atoms with E-state index in [1.54, 1.807) is 4.90 Å². The summed E-state index contributed by atoms with van der Waals surface area (Å²) in [5.74, 6) is 0.683. The van der Waals surface area contributed by atoms with Gasteiger partial charge in [-0.05, 0) is 36.6 Å². The van der Waals surface area contributed by atoms with E-state index < -0.39 is 0 Å². The summed E-state index contributed by atoms with van der Waals surface area (Å²) >= 11 is 6.29. The first kappa shape index (κ1) is 26.1. The zero-order valence-electron chi connectivity index (χ0n) is 21.3. The Morgan fingerprint density at radius 3 is 2.39 bits per heavy atom. The van der Waals surface area contributed by atoms with Gasteiger partial charge in [0, 0.05) is 44.9 Å². The molecule has 2 saturated heterocycles. The fourth-order valence-electron chi connectivity index (χ4n) is 4.93. The van der Waals surface area contributed by atoms with Crippen LogP contribution in [0.1, 0.15) is 18.4 Å². The molecule has 0 unspecified atom stereocenters. The van der Waals surface area contributed by atoms with Gasteiger partial charge in [-0.1, -0.05) is 60.1 Å². The van der Waals surface area contributed by atoms with E-state index in [0.717, 1.165) is 35.5 Å². The van der Waals surface area contributed by atoms with E-state index in [0.29, 0.717) is 44.4 Å². The first-order valence-electron chi connectivity index (χ1n) is 13.1.